The first-order valence-corrected chi connectivity index (χ1v) is 10.0. The molecule has 3 aromatic rings. The standard InChI is InChI=1S/C24H15ClFNO5/c25-14-6-8-15(9-7-14)27-21(16-3-1-2-4-17(16)26)20(23(29)24(27)30)22(28)13-5-10-18-19(11-13)32-12-31-18/h1-11,21,28H,12H2/b22-20+. The van der Waals surface area contributed by atoms with Gasteiger partial charge in [-0.1, -0.05) is 29.8 Å². The van der Waals surface area contributed by atoms with Gasteiger partial charge in [-0.2, -0.15) is 0 Å². The number of fused-ring (bicyclic) bond motifs is 1. The van der Waals surface area contributed by atoms with Crippen LogP contribution < -0.4 is 14.4 Å². The van der Waals surface area contributed by atoms with Crippen molar-refractivity contribution in [1.29, 1.82) is 0 Å². The van der Waals surface area contributed by atoms with E-state index in [1.165, 1.54) is 30.3 Å². The second-order valence-electron chi connectivity index (χ2n) is 7.24. The maximum absolute atomic E-state index is 14.9. The molecule has 32 heavy (non-hydrogen) atoms. The number of rotatable bonds is 3. The fourth-order valence-electron chi connectivity index (χ4n) is 3.89. The lowest BCUT2D eigenvalue weighted by molar-refractivity contribution is -0.132. The smallest absolute Gasteiger partial charge is 0.300 e. The van der Waals surface area contributed by atoms with Gasteiger partial charge in [0.2, 0.25) is 6.79 Å². The van der Waals surface area contributed by atoms with E-state index in [0.29, 0.717) is 22.2 Å². The molecule has 0 spiro atoms. The van der Waals surface area contributed by atoms with Crippen molar-refractivity contribution in [2.75, 3.05) is 11.7 Å². The van der Waals surface area contributed by atoms with Gasteiger partial charge in [0.1, 0.15) is 11.6 Å². The molecule has 0 radical (unpaired) electrons. The number of aliphatic hydroxyl groups is 1. The SMILES string of the molecule is O=C1C(=O)N(c2ccc(Cl)cc2)C(c2ccccc2F)/C1=C(\O)c1ccc2c(c1)OCO2. The van der Waals surface area contributed by atoms with Crippen LogP contribution in [0.1, 0.15) is 17.2 Å². The number of amides is 1. The molecule has 1 fully saturated rings. The maximum atomic E-state index is 14.9. The molecule has 1 atom stereocenters. The summed E-state index contributed by atoms with van der Waals surface area (Å²) in [6.45, 7) is 0.0374. The predicted octanol–water partition coefficient (Wildman–Crippen LogP) is 4.83. The summed E-state index contributed by atoms with van der Waals surface area (Å²) in [6, 6.07) is 15.5. The van der Waals surface area contributed by atoms with Crippen LogP contribution in [0, 0.1) is 5.82 Å². The number of hydrogen-bond acceptors (Lipinski definition) is 5. The molecule has 1 unspecified atom stereocenters. The van der Waals surface area contributed by atoms with Crippen LogP contribution in [0.4, 0.5) is 10.1 Å². The number of anilines is 1. The van der Waals surface area contributed by atoms with E-state index in [1.54, 1.807) is 36.4 Å². The quantitative estimate of drug-likeness (QED) is 0.350. The zero-order valence-corrected chi connectivity index (χ0v) is 17.2. The van der Waals surface area contributed by atoms with Crippen molar-refractivity contribution in [1.82, 2.24) is 0 Å². The number of ketones is 1. The maximum Gasteiger partial charge on any atom is 0.300 e. The van der Waals surface area contributed by atoms with E-state index >= 15 is 0 Å². The molecule has 6 nitrogen and oxygen atoms in total. The molecule has 0 aliphatic carbocycles. The van der Waals surface area contributed by atoms with Crippen LogP contribution in [-0.4, -0.2) is 23.6 Å². The molecule has 0 bridgehead atoms. The average molecular weight is 452 g/mol. The first-order chi connectivity index (χ1) is 15.5. The Hall–Kier alpha value is -3.84. The van der Waals surface area contributed by atoms with Crippen molar-refractivity contribution < 1.29 is 28.6 Å². The van der Waals surface area contributed by atoms with Crippen molar-refractivity contribution in [3.8, 4) is 11.5 Å². The normalized spacial score (nSPS) is 18.9. The van der Waals surface area contributed by atoms with Gasteiger partial charge in [-0.25, -0.2) is 4.39 Å². The second kappa shape index (κ2) is 7.69. The lowest BCUT2D eigenvalue weighted by Gasteiger charge is -2.25. The van der Waals surface area contributed by atoms with E-state index in [0.717, 1.165) is 4.90 Å². The van der Waals surface area contributed by atoms with Crippen molar-refractivity contribution in [3.63, 3.8) is 0 Å². The van der Waals surface area contributed by atoms with Crippen LogP contribution in [0.3, 0.4) is 0 Å². The van der Waals surface area contributed by atoms with Gasteiger partial charge in [0.25, 0.3) is 11.7 Å². The first kappa shape index (κ1) is 20.1. The third-order valence-electron chi connectivity index (χ3n) is 5.40. The van der Waals surface area contributed by atoms with Crippen molar-refractivity contribution in [3.05, 3.63) is 94.3 Å². The Labute approximate surface area is 187 Å². The van der Waals surface area contributed by atoms with Crippen LogP contribution in [0.5, 0.6) is 11.5 Å². The van der Waals surface area contributed by atoms with Crippen LogP contribution in [-0.2, 0) is 9.59 Å². The number of carbonyl (C=O) groups is 2. The zero-order valence-electron chi connectivity index (χ0n) is 16.4. The molecule has 1 N–H and O–H groups in total. The first-order valence-electron chi connectivity index (χ1n) is 9.66. The number of ether oxygens (including phenoxy) is 2. The lowest BCUT2D eigenvalue weighted by Crippen LogP contribution is -2.29. The van der Waals surface area contributed by atoms with E-state index in [1.807, 2.05) is 0 Å². The molecule has 3 aromatic carbocycles. The minimum absolute atomic E-state index is 0.0374. The number of benzene rings is 3. The monoisotopic (exact) mass is 451 g/mol. The summed E-state index contributed by atoms with van der Waals surface area (Å²) in [4.78, 5) is 27.3. The fraction of sp³-hybridized carbons (Fsp3) is 0.0833. The van der Waals surface area contributed by atoms with Gasteiger partial charge in [-0.15, -0.1) is 0 Å². The van der Waals surface area contributed by atoms with E-state index in [2.05, 4.69) is 0 Å². The van der Waals surface area contributed by atoms with Crippen LogP contribution in [0.15, 0.2) is 72.3 Å². The highest BCUT2D eigenvalue weighted by Gasteiger charge is 2.47. The van der Waals surface area contributed by atoms with E-state index in [4.69, 9.17) is 21.1 Å². The summed E-state index contributed by atoms with van der Waals surface area (Å²) in [5.41, 5.74) is 0.428. The predicted molar refractivity (Wildman–Crippen MR) is 115 cm³/mol. The Kier molecular flexibility index (Phi) is 4.83. The molecule has 160 valence electrons. The highest BCUT2D eigenvalue weighted by molar-refractivity contribution is 6.51. The molecule has 5 rings (SSSR count). The number of hydrogen-bond donors (Lipinski definition) is 1. The van der Waals surface area contributed by atoms with E-state index < -0.39 is 29.3 Å². The van der Waals surface area contributed by atoms with E-state index in [-0.39, 0.29) is 23.5 Å². The van der Waals surface area contributed by atoms with Gasteiger partial charge in [-0.05, 0) is 48.5 Å². The minimum atomic E-state index is -1.18. The topological polar surface area (TPSA) is 76.1 Å². The van der Waals surface area contributed by atoms with Crippen LogP contribution in [0.2, 0.25) is 5.02 Å². The van der Waals surface area contributed by atoms with Gasteiger partial charge in [-0.3, -0.25) is 14.5 Å². The van der Waals surface area contributed by atoms with Crippen molar-refractivity contribution >= 4 is 34.7 Å². The zero-order chi connectivity index (χ0) is 22.4. The molecule has 2 heterocycles. The number of halogens is 2. The number of nitrogens with zero attached hydrogens (tertiary/aromatic N) is 1. The second-order valence-corrected chi connectivity index (χ2v) is 7.67. The van der Waals surface area contributed by atoms with Gasteiger partial charge in [0, 0.05) is 21.8 Å². The third kappa shape index (κ3) is 3.18. The largest absolute Gasteiger partial charge is 0.507 e. The highest BCUT2D eigenvalue weighted by atomic mass is 35.5. The number of carbonyl (C=O) groups excluding carboxylic acids is 2. The van der Waals surface area contributed by atoms with Crippen LogP contribution >= 0.6 is 11.6 Å². The van der Waals surface area contributed by atoms with Gasteiger partial charge < -0.3 is 14.6 Å². The summed E-state index contributed by atoms with van der Waals surface area (Å²) < 4.78 is 25.5. The Bertz CT molecular complexity index is 1290. The number of Topliss-reactive ketones (excluding diaryl/α,β-unsaturated/α-hetero) is 1. The average Bonchev–Trinajstić information content (AvgIpc) is 3.36. The summed E-state index contributed by atoms with van der Waals surface area (Å²) in [5, 5.41) is 11.5. The molecular weight excluding hydrogens is 437 g/mol. The van der Waals surface area contributed by atoms with Crippen LogP contribution in [0.25, 0.3) is 5.76 Å². The van der Waals surface area contributed by atoms with Crippen molar-refractivity contribution in [2.24, 2.45) is 0 Å². The molecule has 2 aliphatic heterocycles. The number of aliphatic hydroxyl groups excluding tert-OH is 1. The minimum Gasteiger partial charge on any atom is -0.507 e. The molecule has 2 aliphatic rings. The summed E-state index contributed by atoms with van der Waals surface area (Å²) >= 11 is 5.97. The Balaban J connectivity index is 1.72. The van der Waals surface area contributed by atoms with Gasteiger partial charge >= 0.3 is 0 Å². The Morgan fingerprint density at radius 3 is 2.47 bits per heavy atom. The van der Waals surface area contributed by atoms with Gasteiger partial charge in [0.15, 0.2) is 11.5 Å². The molecule has 0 saturated carbocycles. The molecule has 1 saturated heterocycles. The summed E-state index contributed by atoms with van der Waals surface area (Å²) in [7, 11) is 0. The summed E-state index contributed by atoms with van der Waals surface area (Å²) in [5.74, 6) is -1.98. The van der Waals surface area contributed by atoms with Gasteiger partial charge in [0.05, 0.1) is 11.6 Å². The summed E-state index contributed by atoms with van der Waals surface area (Å²) in [6.07, 6.45) is 0. The lowest BCUT2D eigenvalue weighted by atomic mass is 9.94. The highest BCUT2D eigenvalue weighted by Crippen LogP contribution is 2.44. The Morgan fingerprint density at radius 1 is 1.00 bits per heavy atom. The third-order valence-corrected chi connectivity index (χ3v) is 5.65. The molecule has 8 heteroatoms. The van der Waals surface area contributed by atoms with Crippen molar-refractivity contribution in [2.45, 2.75) is 6.04 Å². The molecule has 1 amide bonds. The molecular formula is C24H15ClFNO5. The fourth-order valence-corrected chi connectivity index (χ4v) is 4.02. The Morgan fingerprint density at radius 2 is 1.72 bits per heavy atom. The van der Waals surface area contributed by atoms with E-state index in [9.17, 15) is 19.1 Å². The molecule has 0 aromatic heterocycles.